The number of carbonyl (C=O) groups excluding carboxylic acids is 1. The van der Waals surface area contributed by atoms with E-state index in [2.05, 4.69) is 10.3 Å². The highest BCUT2D eigenvalue weighted by atomic mass is 35.5. The number of rotatable bonds is 13. The van der Waals surface area contributed by atoms with Crippen LogP contribution in [0.5, 0.6) is 11.5 Å². The van der Waals surface area contributed by atoms with Crippen molar-refractivity contribution in [3.63, 3.8) is 0 Å². The summed E-state index contributed by atoms with van der Waals surface area (Å²) in [5.41, 5.74) is 1.37. The number of halogens is 1. The molecule has 1 amide bonds. The van der Waals surface area contributed by atoms with Crippen LogP contribution in [0.25, 0.3) is 0 Å². The van der Waals surface area contributed by atoms with Gasteiger partial charge in [0.2, 0.25) is 0 Å². The van der Waals surface area contributed by atoms with Crippen LogP contribution in [0.15, 0.2) is 77.8 Å². The third-order valence-electron chi connectivity index (χ3n) is 5.84. The van der Waals surface area contributed by atoms with Gasteiger partial charge in [0.1, 0.15) is 23.1 Å². The molecule has 0 atom stereocenters. The fourth-order valence-electron chi connectivity index (χ4n) is 3.83. The summed E-state index contributed by atoms with van der Waals surface area (Å²) >= 11 is 7.40. The normalized spacial score (nSPS) is 11.2. The molecule has 0 spiro atoms. The van der Waals surface area contributed by atoms with Gasteiger partial charge in [0.15, 0.2) is 16.4 Å². The van der Waals surface area contributed by atoms with E-state index in [1.165, 1.54) is 24.3 Å². The minimum absolute atomic E-state index is 0.0792. The second-order valence-electron chi connectivity index (χ2n) is 9.02. The molecule has 0 fully saturated rings. The molecule has 0 bridgehead atoms. The number of carbonyl (C=O) groups is 2. The van der Waals surface area contributed by atoms with Gasteiger partial charge in [-0.25, -0.2) is 18.2 Å². The summed E-state index contributed by atoms with van der Waals surface area (Å²) in [6.45, 7) is 1.70. The number of carboxylic acids is 1. The Morgan fingerprint density at radius 2 is 1.76 bits per heavy atom. The number of aromatic nitrogens is 1. The van der Waals surface area contributed by atoms with Crippen molar-refractivity contribution in [3.05, 3.63) is 99.0 Å². The highest BCUT2D eigenvalue weighted by Crippen LogP contribution is 2.28. The molecule has 1 heterocycles. The molecular formula is C29H27ClN2O7S2. The Labute approximate surface area is 246 Å². The lowest BCUT2D eigenvalue weighted by atomic mass is 10.1. The molecule has 41 heavy (non-hydrogen) atoms. The van der Waals surface area contributed by atoms with Crippen molar-refractivity contribution in [1.29, 1.82) is 0 Å². The van der Waals surface area contributed by atoms with Crippen molar-refractivity contribution < 1.29 is 32.6 Å². The van der Waals surface area contributed by atoms with Crippen LogP contribution in [-0.4, -0.2) is 42.7 Å². The van der Waals surface area contributed by atoms with Gasteiger partial charge in [-0.2, -0.15) is 0 Å². The third kappa shape index (κ3) is 8.78. The lowest BCUT2D eigenvalue weighted by molar-refractivity contribution is -0.139. The van der Waals surface area contributed by atoms with Crippen molar-refractivity contribution in [3.8, 4) is 11.5 Å². The first-order valence-electron chi connectivity index (χ1n) is 12.5. The molecule has 0 aliphatic heterocycles. The van der Waals surface area contributed by atoms with E-state index in [9.17, 15) is 18.0 Å². The fraction of sp³-hybridized carbons (Fsp3) is 0.207. The van der Waals surface area contributed by atoms with Crippen molar-refractivity contribution >= 4 is 50.3 Å². The highest BCUT2D eigenvalue weighted by molar-refractivity contribution is 7.91. The Hall–Kier alpha value is -3.93. The summed E-state index contributed by atoms with van der Waals surface area (Å²) in [4.78, 5) is 29.6. The molecule has 3 aromatic carbocycles. The van der Waals surface area contributed by atoms with Gasteiger partial charge in [-0.15, -0.1) is 11.3 Å². The molecule has 0 saturated heterocycles. The summed E-state index contributed by atoms with van der Waals surface area (Å²) in [5, 5.41) is 13.1. The van der Waals surface area contributed by atoms with Crippen LogP contribution in [-0.2, 0) is 27.7 Å². The van der Waals surface area contributed by atoms with Gasteiger partial charge in [-0.05, 0) is 86.0 Å². The molecule has 0 saturated carbocycles. The molecule has 1 aromatic heterocycles. The van der Waals surface area contributed by atoms with Crippen LogP contribution in [0, 0.1) is 6.92 Å². The lowest BCUT2D eigenvalue weighted by Crippen LogP contribution is -2.15. The van der Waals surface area contributed by atoms with Crippen LogP contribution < -0.4 is 14.8 Å². The Balaban J connectivity index is 1.41. The molecule has 0 radical (unpaired) electrons. The summed E-state index contributed by atoms with van der Waals surface area (Å²) in [5.74, 6) is -0.922. The van der Waals surface area contributed by atoms with Crippen LogP contribution in [0.4, 0.5) is 5.69 Å². The van der Waals surface area contributed by atoms with Crippen molar-refractivity contribution in [1.82, 2.24) is 4.98 Å². The number of nitrogens with zero attached hydrogens (tertiary/aromatic N) is 1. The van der Waals surface area contributed by atoms with E-state index in [4.69, 9.17) is 26.2 Å². The zero-order valence-electron chi connectivity index (χ0n) is 22.0. The van der Waals surface area contributed by atoms with Gasteiger partial charge < -0.3 is 19.9 Å². The summed E-state index contributed by atoms with van der Waals surface area (Å²) in [6, 6.07) is 17.5. The van der Waals surface area contributed by atoms with E-state index in [1.54, 1.807) is 60.0 Å². The van der Waals surface area contributed by atoms with E-state index in [0.29, 0.717) is 35.8 Å². The second-order valence-corrected chi connectivity index (χ2v) is 12.9. The Kier molecular flexibility index (Phi) is 9.98. The van der Waals surface area contributed by atoms with Crippen LogP contribution in [0.1, 0.15) is 32.2 Å². The average molecular weight is 615 g/mol. The number of anilines is 1. The van der Waals surface area contributed by atoms with Crippen molar-refractivity contribution in [2.24, 2.45) is 0 Å². The SMILES string of the molecule is Cc1cnc(COc2ccc(C(=O)Nc3cc(CCCS(=O)(=O)c4ccc(Cl)cc4)ccc3OCC(=O)O)cc2)s1. The number of carboxylic acid groups (broad SMARTS) is 1. The maximum Gasteiger partial charge on any atom is 0.341 e. The predicted molar refractivity (Wildman–Crippen MR) is 157 cm³/mol. The fourth-order valence-corrected chi connectivity index (χ4v) is 5.97. The number of amides is 1. The Bertz CT molecular complexity index is 1620. The van der Waals surface area contributed by atoms with Gasteiger partial charge in [0, 0.05) is 21.7 Å². The summed E-state index contributed by atoms with van der Waals surface area (Å²) < 4.78 is 36.4. The molecule has 0 aliphatic rings. The molecule has 214 valence electrons. The van der Waals surface area contributed by atoms with E-state index < -0.39 is 28.3 Å². The zero-order valence-corrected chi connectivity index (χ0v) is 24.4. The van der Waals surface area contributed by atoms with Gasteiger partial charge in [-0.3, -0.25) is 4.79 Å². The third-order valence-corrected chi connectivity index (χ3v) is 8.80. The van der Waals surface area contributed by atoms with Crippen LogP contribution in [0.3, 0.4) is 0 Å². The Morgan fingerprint density at radius 1 is 1.02 bits per heavy atom. The monoisotopic (exact) mass is 614 g/mol. The topological polar surface area (TPSA) is 132 Å². The first-order valence-corrected chi connectivity index (χ1v) is 15.3. The van der Waals surface area contributed by atoms with Gasteiger partial charge in [-0.1, -0.05) is 17.7 Å². The van der Waals surface area contributed by atoms with E-state index in [1.807, 2.05) is 6.92 Å². The first kappa shape index (κ1) is 30.0. The van der Waals surface area contributed by atoms with Crippen LogP contribution in [0.2, 0.25) is 5.02 Å². The number of sulfone groups is 1. The molecule has 0 unspecified atom stereocenters. The van der Waals surface area contributed by atoms with Crippen LogP contribution >= 0.6 is 22.9 Å². The lowest BCUT2D eigenvalue weighted by Gasteiger charge is -2.14. The average Bonchev–Trinajstić information content (AvgIpc) is 3.36. The first-order chi connectivity index (χ1) is 19.6. The Morgan fingerprint density at radius 3 is 2.41 bits per heavy atom. The smallest absolute Gasteiger partial charge is 0.341 e. The molecule has 9 nitrogen and oxygen atoms in total. The number of ether oxygens (including phenoxy) is 2. The number of nitrogens with one attached hydrogen (secondary N) is 1. The number of hydrogen-bond acceptors (Lipinski definition) is 8. The molecule has 12 heteroatoms. The van der Waals surface area contributed by atoms with E-state index in [0.717, 1.165) is 15.4 Å². The molecule has 4 aromatic rings. The van der Waals surface area contributed by atoms with E-state index in [-0.39, 0.29) is 22.1 Å². The molecular weight excluding hydrogens is 588 g/mol. The van der Waals surface area contributed by atoms with Gasteiger partial charge in [0.25, 0.3) is 5.91 Å². The highest BCUT2D eigenvalue weighted by Gasteiger charge is 2.16. The standard InChI is InChI=1S/C29H27ClN2O7S2/c1-19-16-31-27(40-19)17-38-23-9-5-21(6-10-23)29(35)32-25-15-20(4-13-26(25)39-18-28(33)34)3-2-14-41(36,37)24-11-7-22(30)8-12-24/h4-13,15-16H,2-3,14,17-18H2,1H3,(H,32,35)(H,33,34). The molecule has 4 rings (SSSR count). The maximum absolute atomic E-state index is 13.0. The largest absolute Gasteiger partial charge is 0.486 e. The minimum Gasteiger partial charge on any atom is -0.486 e. The number of hydrogen-bond donors (Lipinski definition) is 2. The maximum atomic E-state index is 13.0. The predicted octanol–water partition coefficient (Wildman–Crippen LogP) is 5.81. The van der Waals surface area contributed by atoms with Gasteiger partial charge >= 0.3 is 5.97 Å². The molecule has 2 N–H and O–H groups in total. The number of aryl methyl sites for hydroxylation is 2. The molecule has 0 aliphatic carbocycles. The van der Waals surface area contributed by atoms with Crippen molar-refractivity contribution in [2.45, 2.75) is 31.3 Å². The quantitative estimate of drug-likeness (QED) is 0.193. The van der Waals surface area contributed by atoms with Crippen molar-refractivity contribution in [2.75, 3.05) is 17.7 Å². The summed E-state index contributed by atoms with van der Waals surface area (Å²) in [7, 11) is -3.49. The zero-order chi connectivity index (χ0) is 29.4. The van der Waals surface area contributed by atoms with Gasteiger partial charge in [0.05, 0.1) is 16.3 Å². The number of benzene rings is 3. The summed E-state index contributed by atoms with van der Waals surface area (Å²) in [6.07, 6.45) is 2.51. The second kappa shape index (κ2) is 13.6. The number of thiazole rings is 1. The number of aliphatic carboxylic acids is 1. The minimum atomic E-state index is -3.49. The van der Waals surface area contributed by atoms with E-state index >= 15 is 0 Å².